The molecule has 1 atom stereocenters. The summed E-state index contributed by atoms with van der Waals surface area (Å²) in [5, 5.41) is 5.01. The van der Waals surface area contributed by atoms with Gasteiger partial charge >= 0.3 is 0 Å². The van der Waals surface area contributed by atoms with E-state index in [-0.39, 0.29) is 17.7 Å². The third-order valence-corrected chi connectivity index (χ3v) is 5.60. The maximum absolute atomic E-state index is 12.8. The van der Waals surface area contributed by atoms with E-state index in [2.05, 4.69) is 23.9 Å². The van der Waals surface area contributed by atoms with Gasteiger partial charge in [0, 0.05) is 38.2 Å². The number of thiazole rings is 1. The van der Waals surface area contributed by atoms with E-state index >= 15 is 0 Å². The number of carbonyl (C=O) groups excluding carboxylic acids is 2. The molecular formula is C17H22N4O2S. The molecule has 1 aliphatic heterocycles. The van der Waals surface area contributed by atoms with Crippen LogP contribution in [0, 0.1) is 0 Å². The highest BCUT2D eigenvalue weighted by Gasteiger charge is 2.32. The first kappa shape index (κ1) is 16.8. The van der Waals surface area contributed by atoms with E-state index in [0.717, 1.165) is 17.8 Å². The number of hydrogen-bond donors (Lipinski definition) is 0. The molecule has 7 heteroatoms. The van der Waals surface area contributed by atoms with Crippen molar-refractivity contribution < 1.29 is 9.59 Å². The second-order valence-corrected chi connectivity index (χ2v) is 7.60. The van der Waals surface area contributed by atoms with E-state index in [0.29, 0.717) is 29.3 Å². The number of nitrogens with zero attached hydrogens (tertiary/aromatic N) is 4. The molecule has 0 spiro atoms. The number of aromatic nitrogens is 3. The molecule has 0 aliphatic carbocycles. The van der Waals surface area contributed by atoms with Gasteiger partial charge in [-0.2, -0.15) is 5.10 Å². The minimum Gasteiger partial charge on any atom is -0.334 e. The summed E-state index contributed by atoms with van der Waals surface area (Å²) >= 11 is 1.46. The van der Waals surface area contributed by atoms with Crippen molar-refractivity contribution in [2.45, 2.75) is 45.1 Å². The maximum atomic E-state index is 12.8. The Morgan fingerprint density at radius 3 is 2.79 bits per heavy atom. The summed E-state index contributed by atoms with van der Waals surface area (Å²) in [5.41, 5.74) is 0.608. The van der Waals surface area contributed by atoms with Gasteiger partial charge in [-0.15, -0.1) is 11.3 Å². The Labute approximate surface area is 145 Å². The Bertz CT molecular complexity index is 749. The van der Waals surface area contributed by atoms with Crippen LogP contribution in [0.4, 0.5) is 0 Å². The number of likely N-dealkylation sites (tertiary alicyclic amines) is 1. The van der Waals surface area contributed by atoms with Gasteiger partial charge in [0.15, 0.2) is 5.78 Å². The van der Waals surface area contributed by atoms with Gasteiger partial charge in [0.05, 0.1) is 23.0 Å². The Morgan fingerprint density at radius 2 is 2.17 bits per heavy atom. The summed E-state index contributed by atoms with van der Waals surface area (Å²) in [4.78, 5) is 32.0. The molecule has 128 valence electrons. The average molecular weight is 346 g/mol. The van der Waals surface area contributed by atoms with Crippen molar-refractivity contribution in [1.82, 2.24) is 19.7 Å². The zero-order valence-electron chi connectivity index (χ0n) is 14.2. The van der Waals surface area contributed by atoms with Crippen LogP contribution in [-0.2, 0) is 7.05 Å². The van der Waals surface area contributed by atoms with Crippen molar-refractivity contribution in [3.05, 3.63) is 34.0 Å². The van der Waals surface area contributed by atoms with Gasteiger partial charge in [0.1, 0.15) is 4.88 Å². The highest BCUT2D eigenvalue weighted by atomic mass is 32.1. The molecule has 1 amide bonds. The summed E-state index contributed by atoms with van der Waals surface area (Å²) < 4.78 is 1.62. The molecule has 1 saturated heterocycles. The van der Waals surface area contributed by atoms with Crippen molar-refractivity contribution in [2.75, 3.05) is 6.54 Å². The fourth-order valence-electron chi connectivity index (χ4n) is 3.01. The molecule has 3 rings (SSSR count). The van der Waals surface area contributed by atoms with E-state index in [1.54, 1.807) is 30.3 Å². The standard InChI is InChI=1S/C17H22N4O2S/c1-11(2)16-18-9-15(24-16)17(23)21-6-4-5-13(21)7-14(22)12-8-19-20(3)10-12/h8-11,13H,4-7H2,1-3H3/t13-/m0/s1. The van der Waals surface area contributed by atoms with Crippen LogP contribution in [0.3, 0.4) is 0 Å². The fraction of sp³-hybridized carbons (Fsp3) is 0.529. The third-order valence-electron chi connectivity index (χ3n) is 4.31. The van der Waals surface area contributed by atoms with Crippen molar-refractivity contribution in [2.24, 2.45) is 7.05 Å². The van der Waals surface area contributed by atoms with Crippen LogP contribution < -0.4 is 0 Å². The van der Waals surface area contributed by atoms with E-state index < -0.39 is 0 Å². The van der Waals surface area contributed by atoms with Gasteiger partial charge in [0.25, 0.3) is 5.91 Å². The molecular weight excluding hydrogens is 324 g/mol. The van der Waals surface area contributed by atoms with Crippen LogP contribution in [0.1, 0.15) is 64.1 Å². The number of carbonyl (C=O) groups is 2. The van der Waals surface area contributed by atoms with Crippen LogP contribution in [0.25, 0.3) is 0 Å². The zero-order chi connectivity index (χ0) is 17.3. The van der Waals surface area contributed by atoms with Crippen molar-refractivity contribution in [3.63, 3.8) is 0 Å². The van der Waals surface area contributed by atoms with Gasteiger partial charge < -0.3 is 4.90 Å². The minimum atomic E-state index is -0.0326. The van der Waals surface area contributed by atoms with Gasteiger partial charge in [-0.3, -0.25) is 14.3 Å². The van der Waals surface area contributed by atoms with E-state index in [9.17, 15) is 9.59 Å². The molecule has 3 heterocycles. The lowest BCUT2D eigenvalue weighted by molar-refractivity contribution is 0.0721. The van der Waals surface area contributed by atoms with Crippen molar-refractivity contribution >= 4 is 23.0 Å². The Morgan fingerprint density at radius 1 is 1.38 bits per heavy atom. The third kappa shape index (κ3) is 3.40. The summed E-state index contributed by atoms with van der Waals surface area (Å²) in [6.45, 7) is 4.84. The van der Waals surface area contributed by atoms with E-state index in [1.807, 2.05) is 4.90 Å². The maximum Gasteiger partial charge on any atom is 0.265 e. The summed E-state index contributed by atoms with van der Waals surface area (Å²) in [5.74, 6) is 0.360. The number of rotatable bonds is 5. The highest BCUT2D eigenvalue weighted by Crippen LogP contribution is 2.27. The molecule has 24 heavy (non-hydrogen) atoms. The first-order valence-electron chi connectivity index (χ1n) is 8.24. The van der Waals surface area contributed by atoms with Gasteiger partial charge in [-0.25, -0.2) is 4.98 Å². The zero-order valence-corrected chi connectivity index (χ0v) is 15.0. The van der Waals surface area contributed by atoms with E-state index in [4.69, 9.17) is 0 Å². The van der Waals surface area contributed by atoms with Crippen LogP contribution in [0.15, 0.2) is 18.6 Å². The predicted molar refractivity (Wildman–Crippen MR) is 92.4 cm³/mol. The molecule has 6 nitrogen and oxygen atoms in total. The van der Waals surface area contributed by atoms with E-state index in [1.165, 1.54) is 11.3 Å². The lowest BCUT2D eigenvalue weighted by atomic mass is 10.0. The largest absolute Gasteiger partial charge is 0.334 e. The van der Waals surface area contributed by atoms with Crippen molar-refractivity contribution in [3.8, 4) is 0 Å². The molecule has 0 aromatic carbocycles. The minimum absolute atomic E-state index is 0.000821. The molecule has 2 aromatic rings. The normalized spacial score (nSPS) is 17.7. The van der Waals surface area contributed by atoms with Crippen LogP contribution in [0.5, 0.6) is 0 Å². The molecule has 0 unspecified atom stereocenters. The highest BCUT2D eigenvalue weighted by molar-refractivity contribution is 7.13. The van der Waals surface area contributed by atoms with Gasteiger partial charge in [-0.1, -0.05) is 13.8 Å². The summed E-state index contributed by atoms with van der Waals surface area (Å²) in [7, 11) is 1.79. The van der Waals surface area contributed by atoms with Gasteiger partial charge in [-0.05, 0) is 12.8 Å². The topological polar surface area (TPSA) is 68.1 Å². The Balaban J connectivity index is 1.70. The predicted octanol–water partition coefficient (Wildman–Crippen LogP) is 2.88. The van der Waals surface area contributed by atoms with Crippen molar-refractivity contribution in [1.29, 1.82) is 0 Å². The lowest BCUT2D eigenvalue weighted by Crippen LogP contribution is -2.36. The van der Waals surface area contributed by atoms with Gasteiger partial charge in [0.2, 0.25) is 0 Å². The smallest absolute Gasteiger partial charge is 0.265 e. The SMILES string of the molecule is CC(C)c1ncc(C(=O)N2CCC[C@H]2CC(=O)c2cnn(C)c2)s1. The molecule has 0 N–H and O–H groups in total. The molecule has 0 saturated carbocycles. The Kier molecular flexibility index (Phi) is 4.80. The first-order valence-corrected chi connectivity index (χ1v) is 9.06. The summed E-state index contributed by atoms with van der Waals surface area (Å²) in [6, 6.07) is -0.0326. The van der Waals surface area contributed by atoms with Crippen LogP contribution in [-0.4, -0.2) is 43.9 Å². The number of ketones is 1. The average Bonchev–Trinajstić information content (AvgIpc) is 3.26. The monoisotopic (exact) mass is 346 g/mol. The second kappa shape index (κ2) is 6.84. The number of Topliss-reactive ketones (excluding diaryl/α,β-unsaturated/α-hetero) is 1. The second-order valence-electron chi connectivity index (χ2n) is 6.54. The quantitative estimate of drug-likeness (QED) is 0.781. The molecule has 1 fully saturated rings. The summed E-state index contributed by atoms with van der Waals surface area (Å²) in [6.07, 6.45) is 7.14. The Hall–Kier alpha value is -2.02. The molecule has 0 radical (unpaired) electrons. The first-order chi connectivity index (χ1) is 11.5. The number of aryl methyl sites for hydroxylation is 1. The lowest BCUT2D eigenvalue weighted by Gasteiger charge is -2.23. The number of amides is 1. The molecule has 2 aromatic heterocycles. The molecule has 0 bridgehead atoms. The van der Waals surface area contributed by atoms with Crippen LogP contribution in [0.2, 0.25) is 0 Å². The molecule has 1 aliphatic rings. The number of hydrogen-bond acceptors (Lipinski definition) is 5. The fourth-order valence-corrected chi connectivity index (χ4v) is 3.88. The van der Waals surface area contributed by atoms with Crippen LogP contribution >= 0.6 is 11.3 Å².